The summed E-state index contributed by atoms with van der Waals surface area (Å²) in [5.41, 5.74) is 0. The molecule has 0 spiro atoms. The molecule has 0 unspecified atom stereocenters. The van der Waals surface area contributed by atoms with Crippen LogP contribution in [0.15, 0.2) is 5.16 Å². The summed E-state index contributed by atoms with van der Waals surface area (Å²) in [7, 11) is 4.89. The number of carbonyl (C=O) groups is 1. The number of ether oxygens (including phenoxy) is 1. The van der Waals surface area contributed by atoms with Gasteiger partial charge in [0, 0.05) is 14.1 Å². The van der Waals surface area contributed by atoms with Crippen LogP contribution in [0.25, 0.3) is 0 Å². The summed E-state index contributed by atoms with van der Waals surface area (Å²) in [6, 6.07) is 0. The Labute approximate surface area is 65.6 Å². The Morgan fingerprint density at radius 1 is 1.64 bits per heavy atom. The number of nitrogens with zero attached hydrogens (tertiary/aromatic N) is 2. The Balaban J connectivity index is 3.34. The van der Waals surface area contributed by atoms with Crippen molar-refractivity contribution in [3.8, 4) is 0 Å². The molecule has 0 aromatic rings. The number of rotatable bonds is 4. The lowest BCUT2D eigenvalue weighted by molar-refractivity contribution is -0.145. The summed E-state index contributed by atoms with van der Waals surface area (Å²) in [6.45, 7) is -0.152. The molecular weight excluding hydrogens is 148 g/mol. The molecule has 0 aromatic heterocycles. The van der Waals surface area contributed by atoms with Crippen LogP contribution in [0.1, 0.15) is 0 Å². The number of hydrogen-bond donors (Lipinski definition) is 0. The Morgan fingerprint density at radius 2 is 2.27 bits per heavy atom. The van der Waals surface area contributed by atoms with Crippen molar-refractivity contribution < 1.29 is 14.4 Å². The van der Waals surface area contributed by atoms with Crippen LogP contribution in [-0.4, -0.2) is 45.0 Å². The van der Waals surface area contributed by atoms with Gasteiger partial charge in [-0.15, -0.1) is 0 Å². The second kappa shape index (κ2) is 5.52. The van der Waals surface area contributed by atoms with Gasteiger partial charge in [0.2, 0.25) is 6.61 Å². The highest BCUT2D eigenvalue weighted by molar-refractivity contribution is 5.70. The molecule has 5 nitrogen and oxygen atoms in total. The molecule has 0 N–H and O–H groups in total. The maximum Gasteiger partial charge on any atom is 0.346 e. The highest BCUT2D eigenvalue weighted by atomic mass is 16.6. The molecule has 0 aliphatic heterocycles. The van der Waals surface area contributed by atoms with Gasteiger partial charge >= 0.3 is 5.97 Å². The van der Waals surface area contributed by atoms with Crippen LogP contribution in [-0.2, 0) is 14.4 Å². The van der Waals surface area contributed by atoms with E-state index in [1.165, 1.54) is 13.4 Å². The van der Waals surface area contributed by atoms with Crippen molar-refractivity contribution in [1.82, 2.24) is 4.90 Å². The quantitative estimate of drug-likeness (QED) is 0.245. The minimum atomic E-state index is -0.444. The number of esters is 1. The van der Waals surface area contributed by atoms with Crippen LogP contribution in [0.5, 0.6) is 0 Å². The predicted octanol–water partition coefficient (Wildman–Crippen LogP) is -0.319. The summed E-state index contributed by atoms with van der Waals surface area (Å²) in [5.74, 6) is -0.444. The average Bonchev–Trinajstić information content (AvgIpc) is 1.97. The van der Waals surface area contributed by atoms with Gasteiger partial charge in [0.05, 0.1) is 7.11 Å². The fourth-order valence-corrected chi connectivity index (χ4v) is 0.277. The molecule has 0 atom stereocenters. The lowest BCUT2D eigenvalue weighted by atomic mass is 10.7. The first-order valence-electron chi connectivity index (χ1n) is 3.05. The minimum absolute atomic E-state index is 0.152. The maximum atomic E-state index is 10.4. The van der Waals surface area contributed by atoms with Gasteiger partial charge in [-0.1, -0.05) is 5.16 Å². The third-order valence-electron chi connectivity index (χ3n) is 0.763. The molecule has 0 saturated carbocycles. The lowest BCUT2D eigenvalue weighted by Gasteiger charge is -2.01. The molecule has 0 heterocycles. The van der Waals surface area contributed by atoms with Crippen molar-refractivity contribution in [3.63, 3.8) is 0 Å². The first kappa shape index (κ1) is 9.74. The molecule has 0 aliphatic carbocycles. The van der Waals surface area contributed by atoms with E-state index >= 15 is 0 Å². The Hall–Kier alpha value is -1.26. The van der Waals surface area contributed by atoms with Gasteiger partial charge in [-0.2, -0.15) is 0 Å². The number of methoxy groups -OCH3 is 1. The van der Waals surface area contributed by atoms with Gasteiger partial charge in [-0.3, -0.25) is 0 Å². The van der Waals surface area contributed by atoms with Crippen LogP contribution in [0.4, 0.5) is 0 Å². The topological polar surface area (TPSA) is 51.1 Å². The molecule has 11 heavy (non-hydrogen) atoms. The second-order valence-corrected chi connectivity index (χ2v) is 2.03. The standard InChI is InChI=1S/C6H12N2O3/c1-8(2)5-7-11-4-6(9)10-3/h5H,4H2,1-3H3. The molecule has 0 aromatic carbocycles. The first-order valence-corrected chi connectivity index (χ1v) is 3.05. The number of hydrogen-bond acceptors (Lipinski definition) is 4. The van der Waals surface area contributed by atoms with E-state index in [1.54, 1.807) is 19.0 Å². The van der Waals surface area contributed by atoms with E-state index in [0.717, 1.165) is 0 Å². The monoisotopic (exact) mass is 160 g/mol. The van der Waals surface area contributed by atoms with Crippen molar-refractivity contribution in [2.45, 2.75) is 0 Å². The van der Waals surface area contributed by atoms with Gasteiger partial charge in [0.1, 0.15) is 6.34 Å². The Kier molecular flexibility index (Phi) is 4.89. The van der Waals surface area contributed by atoms with Crippen LogP contribution in [0.3, 0.4) is 0 Å². The number of carbonyl (C=O) groups excluding carboxylic acids is 1. The molecule has 0 saturated heterocycles. The second-order valence-electron chi connectivity index (χ2n) is 2.03. The molecule has 0 aliphatic rings. The minimum Gasteiger partial charge on any atom is -0.466 e. The summed E-state index contributed by atoms with van der Waals surface area (Å²) in [4.78, 5) is 16.7. The summed E-state index contributed by atoms with van der Waals surface area (Å²) >= 11 is 0. The Morgan fingerprint density at radius 3 is 2.73 bits per heavy atom. The zero-order chi connectivity index (χ0) is 8.69. The van der Waals surface area contributed by atoms with Gasteiger partial charge in [0.25, 0.3) is 0 Å². The average molecular weight is 160 g/mol. The normalized spacial score (nSPS) is 9.73. The maximum absolute atomic E-state index is 10.4. The first-order chi connectivity index (χ1) is 5.16. The highest BCUT2D eigenvalue weighted by Crippen LogP contribution is 1.78. The number of oxime groups is 1. The lowest BCUT2D eigenvalue weighted by Crippen LogP contribution is -2.11. The molecule has 64 valence electrons. The van der Waals surface area contributed by atoms with Gasteiger partial charge in [0.15, 0.2) is 0 Å². The molecule has 0 bridgehead atoms. The van der Waals surface area contributed by atoms with Crippen molar-refractivity contribution in [2.24, 2.45) is 5.16 Å². The molecule has 0 radical (unpaired) electrons. The van der Waals surface area contributed by atoms with Gasteiger partial charge in [-0.25, -0.2) is 4.79 Å². The fraction of sp³-hybridized carbons (Fsp3) is 0.667. The molecule has 0 amide bonds. The SMILES string of the molecule is COC(=O)CON=CN(C)C. The molecular formula is C6H12N2O3. The van der Waals surface area contributed by atoms with E-state index in [9.17, 15) is 4.79 Å². The fourth-order valence-electron chi connectivity index (χ4n) is 0.277. The van der Waals surface area contributed by atoms with E-state index in [0.29, 0.717) is 0 Å². The van der Waals surface area contributed by atoms with Crippen LogP contribution in [0.2, 0.25) is 0 Å². The van der Waals surface area contributed by atoms with Gasteiger partial charge in [-0.05, 0) is 0 Å². The summed E-state index contributed by atoms with van der Waals surface area (Å²) in [6.07, 6.45) is 1.45. The third kappa shape index (κ3) is 6.63. The zero-order valence-corrected chi connectivity index (χ0v) is 6.90. The van der Waals surface area contributed by atoms with Crippen molar-refractivity contribution >= 4 is 12.3 Å². The largest absolute Gasteiger partial charge is 0.466 e. The van der Waals surface area contributed by atoms with E-state index in [4.69, 9.17) is 0 Å². The van der Waals surface area contributed by atoms with Crippen LogP contribution >= 0.6 is 0 Å². The predicted molar refractivity (Wildman–Crippen MR) is 40.1 cm³/mol. The Bertz CT molecular complexity index is 145. The zero-order valence-electron chi connectivity index (χ0n) is 6.90. The molecule has 0 rings (SSSR count). The highest BCUT2D eigenvalue weighted by Gasteiger charge is 1.97. The summed E-state index contributed by atoms with van der Waals surface area (Å²) < 4.78 is 4.31. The van der Waals surface area contributed by atoms with Crippen molar-refractivity contribution in [2.75, 3.05) is 27.8 Å². The van der Waals surface area contributed by atoms with Crippen LogP contribution in [0, 0.1) is 0 Å². The molecule has 0 fully saturated rings. The van der Waals surface area contributed by atoms with Crippen LogP contribution < -0.4 is 0 Å². The van der Waals surface area contributed by atoms with Crippen molar-refractivity contribution in [3.05, 3.63) is 0 Å². The van der Waals surface area contributed by atoms with Gasteiger partial charge < -0.3 is 14.5 Å². The van der Waals surface area contributed by atoms with E-state index < -0.39 is 5.97 Å². The summed E-state index contributed by atoms with van der Waals surface area (Å²) in [5, 5.41) is 3.46. The van der Waals surface area contributed by atoms with E-state index in [2.05, 4.69) is 14.7 Å². The van der Waals surface area contributed by atoms with E-state index in [-0.39, 0.29) is 6.61 Å². The van der Waals surface area contributed by atoms with Crippen molar-refractivity contribution in [1.29, 1.82) is 0 Å². The molecule has 5 heteroatoms. The smallest absolute Gasteiger partial charge is 0.346 e. The third-order valence-corrected chi connectivity index (χ3v) is 0.763. The van der Waals surface area contributed by atoms with E-state index in [1.807, 2.05) is 0 Å².